The molecule has 26 heavy (non-hydrogen) atoms. The summed E-state index contributed by atoms with van der Waals surface area (Å²) in [5, 5.41) is 12.8. The average molecular weight is 352 g/mol. The van der Waals surface area contributed by atoms with Crippen LogP contribution in [-0.2, 0) is 6.54 Å². The molecule has 0 amide bonds. The van der Waals surface area contributed by atoms with Crippen LogP contribution in [0.5, 0.6) is 0 Å². The van der Waals surface area contributed by atoms with Crippen LogP contribution in [0.15, 0.2) is 22.7 Å². The smallest absolute Gasteiger partial charge is 0.230 e. The van der Waals surface area contributed by atoms with E-state index in [1.165, 1.54) is 38.8 Å². The van der Waals surface area contributed by atoms with E-state index < -0.39 is 0 Å². The highest BCUT2D eigenvalue weighted by Crippen LogP contribution is 2.36. The lowest BCUT2D eigenvalue weighted by atomic mass is 9.85. The Bertz CT molecular complexity index is 890. The van der Waals surface area contributed by atoms with E-state index in [9.17, 15) is 0 Å². The molecule has 7 nitrogen and oxygen atoms in total. The number of benzene rings is 1. The minimum Gasteiger partial charge on any atom is -0.339 e. The standard InChI is InChI=1S/C19H24N6O/c1-2-9-24(10-3-1)11-12-25-17-8-7-15(13-16(17)21-23-25)18-20-19(26-22-18)14-5-4-6-14/h7-8,13-14H,1-6,9-12H2. The Morgan fingerprint density at radius 3 is 2.73 bits per heavy atom. The van der Waals surface area contributed by atoms with Crippen molar-refractivity contribution in [3.05, 3.63) is 24.1 Å². The predicted molar refractivity (Wildman–Crippen MR) is 97.7 cm³/mol. The summed E-state index contributed by atoms with van der Waals surface area (Å²) in [5.41, 5.74) is 2.89. The van der Waals surface area contributed by atoms with E-state index in [1.807, 2.05) is 16.8 Å². The summed E-state index contributed by atoms with van der Waals surface area (Å²) in [6.45, 7) is 4.33. The molecule has 5 rings (SSSR count). The van der Waals surface area contributed by atoms with Gasteiger partial charge in [0.15, 0.2) is 0 Å². The van der Waals surface area contributed by atoms with Crippen molar-refractivity contribution in [2.75, 3.05) is 19.6 Å². The molecule has 1 aliphatic heterocycles. The van der Waals surface area contributed by atoms with Gasteiger partial charge in [0.1, 0.15) is 5.52 Å². The third kappa shape index (κ3) is 3.00. The third-order valence-electron chi connectivity index (χ3n) is 5.74. The van der Waals surface area contributed by atoms with Crippen molar-refractivity contribution in [2.45, 2.75) is 51.0 Å². The maximum atomic E-state index is 5.44. The van der Waals surface area contributed by atoms with Gasteiger partial charge < -0.3 is 9.42 Å². The minimum atomic E-state index is 0.454. The quantitative estimate of drug-likeness (QED) is 0.702. The predicted octanol–water partition coefficient (Wildman–Crippen LogP) is 3.23. The number of piperidine rings is 1. The number of fused-ring (bicyclic) bond motifs is 1. The van der Waals surface area contributed by atoms with Crippen molar-refractivity contribution in [3.8, 4) is 11.4 Å². The number of hydrogen-bond acceptors (Lipinski definition) is 6. The van der Waals surface area contributed by atoms with E-state index in [1.54, 1.807) is 0 Å². The van der Waals surface area contributed by atoms with E-state index in [2.05, 4.69) is 31.4 Å². The van der Waals surface area contributed by atoms with E-state index >= 15 is 0 Å². The first-order chi connectivity index (χ1) is 12.9. The van der Waals surface area contributed by atoms with Gasteiger partial charge in [-0.1, -0.05) is 23.2 Å². The summed E-state index contributed by atoms with van der Waals surface area (Å²) >= 11 is 0. The first kappa shape index (κ1) is 15.9. The van der Waals surface area contributed by atoms with Crippen molar-refractivity contribution in [1.82, 2.24) is 30.0 Å². The van der Waals surface area contributed by atoms with Gasteiger partial charge in [0.25, 0.3) is 0 Å². The molecule has 1 saturated heterocycles. The highest BCUT2D eigenvalue weighted by atomic mass is 16.5. The van der Waals surface area contributed by atoms with Crippen LogP contribution in [0.3, 0.4) is 0 Å². The summed E-state index contributed by atoms with van der Waals surface area (Å²) < 4.78 is 7.44. The monoisotopic (exact) mass is 352 g/mol. The largest absolute Gasteiger partial charge is 0.339 e. The Hall–Kier alpha value is -2.28. The first-order valence-corrected chi connectivity index (χ1v) is 9.76. The van der Waals surface area contributed by atoms with Gasteiger partial charge in [-0.15, -0.1) is 5.10 Å². The van der Waals surface area contributed by atoms with Crippen LogP contribution in [0.25, 0.3) is 22.4 Å². The summed E-state index contributed by atoms with van der Waals surface area (Å²) in [7, 11) is 0. The Morgan fingerprint density at radius 1 is 1.04 bits per heavy atom. The fraction of sp³-hybridized carbons (Fsp3) is 0.579. The van der Waals surface area contributed by atoms with Gasteiger partial charge in [-0.2, -0.15) is 4.98 Å². The summed E-state index contributed by atoms with van der Waals surface area (Å²) in [4.78, 5) is 7.09. The number of hydrogen-bond donors (Lipinski definition) is 0. The molecule has 0 atom stereocenters. The lowest BCUT2D eigenvalue weighted by Crippen LogP contribution is -2.32. The molecular weight excluding hydrogens is 328 g/mol. The van der Waals surface area contributed by atoms with Gasteiger partial charge in [-0.25, -0.2) is 4.68 Å². The number of rotatable bonds is 5. The molecule has 1 aromatic carbocycles. The van der Waals surface area contributed by atoms with Crippen molar-refractivity contribution in [2.24, 2.45) is 0 Å². The van der Waals surface area contributed by atoms with Gasteiger partial charge in [-0.05, 0) is 57.0 Å². The highest BCUT2D eigenvalue weighted by Gasteiger charge is 2.25. The van der Waals surface area contributed by atoms with Gasteiger partial charge in [0.2, 0.25) is 11.7 Å². The van der Waals surface area contributed by atoms with Crippen LogP contribution >= 0.6 is 0 Å². The zero-order valence-corrected chi connectivity index (χ0v) is 15.0. The Balaban J connectivity index is 1.33. The van der Waals surface area contributed by atoms with Crippen molar-refractivity contribution >= 4 is 11.0 Å². The van der Waals surface area contributed by atoms with Gasteiger partial charge in [0.05, 0.1) is 12.1 Å². The molecule has 0 radical (unpaired) electrons. The van der Waals surface area contributed by atoms with Gasteiger partial charge in [0, 0.05) is 18.0 Å². The number of nitrogens with zero attached hydrogens (tertiary/aromatic N) is 6. The molecule has 1 saturated carbocycles. The molecule has 136 valence electrons. The summed E-state index contributed by atoms with van der Waals surface area (Å²) in [6.07, 6.45) is 7.57. The molecule has 0 spiro atoms. The molecule has 2 aromatic heterocycles. The minimum absolute atomic E-state index is 0.454. The SMILES string of the molecule is c1cc2c(cc1-c1noc(C3CCC3)n1)nnn2CCN1CCCCC1. The van der Waals surface area contributed by atoms with Crippen molar-refractivity contribution in [1.29, 1.82) is 0 Å². The second-order valence-electron chi connectivity index (χ2n) is 7.50. The number of likely N-dealkylation sites (tertiary alicyclic amines) is 1. The fourth-order valence-corrected chi connectivity index (χ4v) is 3.87. The summed E-state index contributed by atoms with van der Waals surface area (Å²) in [5.74, 6) is 1.88. The molecular formula is C19H24N6O. The van der Waals surface area contributed by atoms with Gasteiger partial charge in [-0.3, -0.25) is 0 Å². The number of aromatic nitrogens is 5. The Kier molecular flexibility index (Phi) is 4.16. The molecule has 0 bridgehead atoms. The maximum absolute atomic E-state index is 5.44. The third-order valence-corrected chi connectivity index (χ3v) is 5.74. The molecule has 2 aliphatic rings. The Morgan fingerprint density at radius 2 is 1.92 bits per heavy atom. The van der Waals surface area contributed by atoms with E-state index in [0.29, 0.717) is 11.7 Å². The summed E-state index contributed by atoms with van der Waals surface area (Å²) in [6, 6.07) is 6.12. The fourth-order valence-electron chi connectivity index (χ4n) is 3.87. The second-order valence-corrected chi connectivity index (χ2v) is 7.50. The van der Waals surface area contributed by atoms with Crippen molar-refractivity contribution in [3.63, 3.8) is 0 Å². The van der Waals surface area contributed by atoms with Gasteiger partial charge >= 0.3 is 0 Å². The molecule has 1 aliphatic carbocycles. The second kappa shape index (κ2) is 6.79. The van der Waals surface area contributed by atoms with Crippen LogP contribution in [0.1, 0.15) is 50.3 Å². The van der Waals surface area contributed by atoms with Crippen LogP contribution in [0.2, 0.25) is 0 Å². The zero-order chi connectivity index (χ0) is 17.3. The molecule has 3 heterocycles. The zero-order valence-electron chi connectivity index (χ0n) is 15.0. The lowest BCUT2D eigenvalue weighted by Gasteiger charge is -2.26. The Labute approximate surface area is 152 Å². The maximum Gasteiger partial charge on any atom is 0.230 e. The molecule has 0 unspecified atom stereocenters. The van der Waals surface area contributed by atoms with E-state index in [0.717, 1.165) is 48.4 Å². The topological polar surface area (TPSA) is 72.9 Å². The van der Waals surface area contributed by atoms with Crippen LogP contribution in [-0.4, -0.2) is 49.7 Å². The highest BCUT2D eigenvalue weighted by molar-refractivity contribution is 5.79. The normalized spacial score (nSPS) is 19.1. The molecule has 7 heteroatoms. The molecule has 2 fully saturated rings. The van der Waals surface area contributed by atoms with E-state index in [-0.39, 0.29) is 0 Å². The first-order valence-electron chi connectivity index (χ1n) is 9.76. The molecule has 3 aromatic rings. The van der Waals surface area contributed by atoms with Crippen LogP contribution < -0.4 is 0 Å². The van der Waals surface area contributed by atoms with Crippen LogP contribution in [0.4, 0.5) is 0 Å². The van der Waals surface area contributed by atoms with Crippen molar-refractivity contribution < 1.29 is 4.52 Å². The lowest BCUT2D eigenvalue weighted by molar-refractivity contribution is 0.218. The van der Waals surface area contributed by atoms with Crippen LogP contribution in [0, 0.1) is 0 Å². The average Bonchev–Trinajstić information content (AvgIpc) is 3.26. The van der Waals surface area contributed by atoms with E-state index in [4.69, 9.17) is 4.52 Å². The molecule has 0 N–H and O–H groups in total.